The number of nitrogens with zero attached hydrogens (tertiary/aromatic N) is 1. The molecule has 1 aromatic carbocycles. The first kappa shape index (κ1) is 24.1. The lowest BCUT2D eigenvalue weighted by molar-refractivity contribution is 0.0453. The van der Waals surface area contributed by atoms with Crippen molar-refractivity contribution in [1.29, 1.82) is 0 Å². The Balaban J connectivity index is 0.00000576. The Labute approximate surface area is 168 Å². The van der Waals surface area contributed by atoms with Crippen LogP contribution >= 0.6 is 24.0 Å². The molecule has 0 bridgehead atoms. The Morgan fingerprint density at radius 2 is 1.64 bits per heavy atom. The Hall–Kier alpha value is -0.900. The van der Waals surface area contributed by atoms with Crippen LogP contribution in [0.1, 0.15) is 25.0 Å². The van der Waals surface area contributed by atoms with E-state index in [1.54, 1.807) is 7.05 Å². The molecule has 0 fully saturated rings. The van der Waals surface area contributed by atoms with E-state index < -0.39 is 0 Å². The van der Waals surface area contributed by atoms with Crippen LogP contribution in [0.3, 0.4) is 0 Å². The van der Waals surface area contributed by atoms with Gasteiger partial charge in [-0.25, -0.2) is 0 Å². The predicted molar refractivity (Wildman–Crippen MR) is 113 cm³/mol. The number of benzene rings is 1. The zero-order valence-electron chi connectivity index (χ0n) is 15.5. The number of ether oxygens (including phenoxy) is 3. The molecule has 0 aromatic heterocycles. The molecule has 2 N–H and O–H groups in total. The average Bonchev–Trinajstić information content (AvgIpc) is 2.61. The van der Waals surface area contributed by atoms with Gasteiger partial charge >= 0.3 is 0 Å². The van der Waals surface area contributed by atoms with Gasteiger partial charge in [0.1, 0.15) is 0 Å². The summed E-state index contributed by atoms with van der Waals surface area (Å²) in [5.41, 5.74) is 2.35. The van der Waals surface area contributed by atoms with E-state index in [1.807, 2.05) is 19.9 Å². The summed E-state index contributed by atoms with van der Waals surface area (Å²) in [5, 5.41) is 6.51. The molecule has 25 heavy (non-hydrogen) atoms. The second kappa shape index (κ2) is 16.6. The SMILES string of the molecule is CCOCCNC(=NC)NCc1cccc(COCCOCC)c1.I. The molecule has 0 amide bonds. The monoisotopic (exact) mass is 465 g/mol. The third kappa shape index (κ3) is 12.1. The van der Waals surface area contributed by atoms with E-state index in [0.717, 1.165) is 31.3 Å². The fourth-order valence-electron chi connectivity index (χ4n) is 2.07. The number of rotatable bonds is 12. The first-order valence-electron chi connectivity index (χ1n) is 8.55. The highest BCUT2D eigenvalue weighted by Gasteiger charge is 2.00. The van der Waals surface area contributed by atoms with Crippen LogP contribution in [-0.4, -0.2) is 52.6 Å². The highest BCUT2D eigenvalue weighted by molar-refractivity contribution is 14.0. The second-order valence-corrected chi connectivity index (χ2v) is 5.12. The summed E-state index contributed by atoms with van der Waals surface area (Å²) in [4.78, 5) is 4.20. The molecule has 0 heterocycles. The van der Waals surface area contributed by atoms with Gasteiger partial charge in [0, 0.05) is 33.4 Å². The molecule has 0 aliphatic heterocycles. The fraction of sp³-hybridized carbons (Fsp3) is 0.611. The fourth-order valence-corrected chi connectivity index (χ4v) is 2.07. The van der Waals surface area contributed by atoms with Crippen LogP contribution in [-0.2, 0) is 27.4 Å². The molecular weight excluding hydrogens is 433 g/mol. The van der Waals surface area contributed by atoms with Crippen molar-refractivity contribution in [3.05, 3.63) is 35.4 Å². The quantitative estimate of drug-likeness (QED) is 0.215. The zero-order chi connectivity index (χ0) is 17.5. The van der Waals surface area contributed by atoms with Gasteiger partial charge in [-0.3, -0.25) is 4.99 Å². The molecule has 144 valence electrons. The molecule has 0 aliphatic carbocycles. The van der Waals surface area contributed by atoms with E-state index in [9.17, 15) is 0 Å². The van der Waals surface area contributed by atoms with E-state index in [-0.39, 0.29) is 24.0 Å². The Morgan fingerprint density at radius 3 is 2.36 bits per heavy atom. The van der Waals surface area contributed by atoms with Crippen LogP contribution in [0.5, 0.6) is 0 Å². The van der Waals surface area contributed by atoms with E-state index >= 15 is 0 Å². The molecule has 1 aromatic rings. The van der Waals surface area contributed by atoms with Gasteiger partial charge in [-0.15, -0.1) is 24.0 Å². The van der Waals surface area contributed by atoms with Crippen molar-refractivity contribution in [1.82, 2.24) is 10.6 Å². The third-order valence-electron chi connectivity index (χ3n) is 3.26. The van der Waals surface area contributed by atoms with Gasteiger partial charge in [0.05, 0.1) is 26.4 Å². The van der Waals surface area contributed by atoms with Crippen molar-refractivity contribution in [3.63, 3.8) is 0 Å². The van der Waals surface area contributed by atoms with Crippen molar-refractivity contribution in [2.24, 2.45) is 4.99 Å². The Morgan fingerprint density at radius 1 is 0.960 bits per heavy atom. The lowest BCUT2D eigenvalue weighted by atomic mass is 10.1. The zero-order valence-corrected chi connectivity index (χ0v) is 17.9. The van der Waals surface area contributed by atoms with Crippen molar-refractivity contribution in [2.45, 2.75) is 27.0 Å². The Kier molecular flexibility index (Phi) is 16.0. The van der Waals surface area contributed by atoms with E-state index in [1.165, 1.54) is 5.56 Å². The van der Waals surface area contributed by atoms with Crippen LogP contribution in [0.4, 0.5) is 0 Å². The topological polar surface area (TPSA) is 64.1 Å². The van der Waals surface area contributed by atoms with Crippen LogP contribution in [0.15, 0.2) is 29.3 Å². The van der Waals surface area contributed by atoms with Crippen LogP contribution in [0.2, 0.25) is 0 Å². The maximum absolute atomic E-state index is 5.60. The number of hydrogen-bond donors (Lipinski definition) is 2. The first-order valence-corrected chi connectivity index (χ1v) is 8.55. The number of nitrogens with one attached hydrogen (secondary N) is 2. The highest BCUT2D eigenvalue weighted by atomic mass is 127. The van der Waals surface area contributed by atoms with Gasteiger partial charge in [0.2, 0.25) is 0 Å². The minimum absolute atomic E-state index is 0. The molecule has 6 nitrogen and oxygen atoms in total. The summed E-state index contributed by atoms with van der Waals surface area (Å²) in [5.74, 6) is 0.771. The average molecular weight is 465 g/mol. The van der Waals surface area contributed by atoms with E-state index in [4.69, 9.17) is 14.2 Å². The van der Waals surface area contributed by atoms with Gasteiger partial charge in [-0.1, -0.05) is 24.3 Å². The maximum Gasteiger partial charge on any atom is 0.191 e. The molecule has 0 saturated carbocycles. The first-order chi connectivity index (χ1) is 11.8. The standard InChI is InChI=1S/C18H31N3O3.HI/c1-4-22-10-9-20-18(19-3)21-14-16-7-6-8-17(13-16)15-24-12-11-23-5-2;/h6-8,13H,4-5,9-12,14-15H2,1-3H3,(H2,19,20,21);1H. The van der Waals surface area contributed by atoms with Crippen LogP contribution < -0.4 is 10.6 Å². The number of hydrogen-bond acceptors (Lipinski definition) is 4. The molecule has 0 spiro atoms. The summed E-state index contributed by atoms with van der Waals surface area (Å²) >= 11 is 0. The molecule has 1 rings (SSSR count). The summed E-state index contributed by atoms with van der Waals surface area (Å²) < 4.78 is 16.2. The van der Waals surface area contributed by atoms with E-state index in [0.29, 0.717) is 33.0 Å². The van der Waals surface area contributed by atoms with Gasteiger partial charge in [0.15, 0.2) is 5.96 Å². The minimum atomic E-state index is 0. The van der Waals surface area contributed by atoms with E-state index in [2.05, 4.69) is 33.8 Å². The summed E-state index contributed by atoms with van der Waals surface area (Å²) in [6, 6.07) is 8.34. The lowest BCUT2D eigenvalue weighted by Crippen LogP contribution is -2.38. The van der Waals surface area contributed by atoms with Gasteiger partial charge in [-0.2, -0.15) is 0 Å². The molecule has 0 unspecified atom stereocenters. The van der Waals surface area contributed by atoms with Crippen molar-refractivity contribution in [2.75, 3.05) is 46.6 Å². The third-order valence-corrected chi connectivity index (χ3v) is 3.26. The molecule has 0 atom stereocenters. The summed E-state index contributed by atoms with van der Waals surface area (Å²) in [6.45, 7) is 9.40. The highest BCUT2D eigenvalue weighted by Crippen LogP contribution is 2.06. The van der Waals surface area contributed by atoms with Gasteiger partial charge in [-0.05, 0) is 25.0 Å². The molecule has 7 heteroatoms. The smallest absolute Gasteiger partial charge is 0.191 e. The largest absolute Gasteiger partial charge is 0.380 e. The van der Waals surface area contributed by atoms with Crippen molar-refractivity contribution in [3.8, 4) is 0 Å². The molecule has 0 radical (unpaired) electrons. The minimum Gasteiger partial charge on any atom is -0.380 e. The predicted octanol–water partition coefficient (Wildman–Crippen LogP) is 2.56. The van der Waals surface area contributed by atoms with Crippen molar-refractivity contribution >= 4 is 29.9 Å². The van der Waals surface area contributed by atoms with Gasteiger partial charge < -0.3 is 24.8 Å². The van der Waals surface area contributed by atoms with Crippen molar-refractivity contribution < 1.29 is 14.2 Å². The molecule has 0 aliphatic rings. The van der Waals surface area contributed by atoms with Crippen LogP contribution in [0.25, 0.3) is 0 Å². The molecular formula is C18H32IN3O3. The summed E-state index contributed by atoms with van der Waals surface area (Å²) in [7, 11) is 1.76. The number of halogens is 1. The number of guanidine groups is 1. The van der Waals surface area contributed by atoms with Crippen LogP contribution in [0, 0.1) is 0 Å². The maximum atomic E-state index is 5.60. The summed E-state index contributed by atoms with van der Waals surface area (Å²) in [6.07, 6.45) is 0. The normalized spacial score (nSPS) is 11.1. The Bertz CT molecular complexity index is 473. The number of aliphatic imine (C=N–C) groups is 1. The van der Waals surface area contributed by atoms with Gasteiger partial charge in [0.25, 0.3) is 0 Å². The second-order valence-electron chi connectivity index (χ2n) is 5.12. The molecule has 0 saturated heterocycles. The lowest BCUT2D eigenvalue weighted by Gasteiger charge is -2.12.